The van der Waals surface area contributed by atoms with E-state index in [0.29, 0.717) is 18.8 Å². The zero-order chi connectivity index (χ0) is 14.0. The molecular formula is C13H20N2O3S. The van der Waals surface area contributed by atoms with Crippen molar-refractivity contribution < 1.29 is 13.2 Å². The summed E-state index contributed by atoms with van der Waals surface area (Å²) >= 11 is 0. The highest BCUT2D eigenvalue weighted by Gasteiger charge is 2.27. The molecule has 1 fully saturated rings. The molecule has 1 aromatic carbocycles. The van der Waals surface area contributed by atoms with Gasteiger partial charge in [-0.1, -0.05) is 0 Å². The molecule has 2 rings (SSSR count). The Balaban J connectivity index is 2.11. The van der Waals surface area contributed by atoms with Crippen LogP contribution in [0.5, 0.6) is 5.75 Å². The Bertz CT molecular complexity index is 557. The van der Waals surface area contributed by atoms with E-state index in [-0.39, 0.29) is 17.5 Å². The first-order chi connectivity index (χ1) is 8.89. The average molecular weight is 284 g/mol. The maximum Gasteiger partial charge on any atom is 0.153 e. The van der Waals surface area contributed by atoms with Gasteiger partial charge in [0.1, 0.15) is 5.75 Å². The third-order valence-corrected chi connectivity index (χ3v) is 5.21. The minimum Gasteiger partial charge on any atom is -0.497 e. The Hall–Kier alpha value is -1.27. The van der Waals surface area contributed by atoms with E-state index in [1.807, 2.05) is 19.1 Å². The molecule has 1 atom stereocenters. The molecule has 5 nitrogen and oxygen atoms in total. The largest absolute Gasteiger partial charge is 0.497 e. The fourth-order valence-electron chi connectivity index (χ4n) is 2.40. The van der Waals surface area contributed by atoms with Crippen molar-refractivity contribution in [1.82, 2.24) is 4.90 Å². The van der Waals surface area contributed by atoms with Gasteiger partial charge in [0.15, 0.2) is 9.84 Å². The molecule has 1 unspecified atom stereocenters. The second-order valence-corrected chi connectivity index (χ2v) is 7.28. The molecule has 1 aromatic rings. The summed E-state index contributed by atoms with van der Waals surface area (Å²) in [6, 6.07) is 5.64. The fourth-order valence-corrected chi connectivity index (χ4v) is 4.02. The van der Waals surface area contributed by atoms with E-state index in [0.717, 1.165) is 11.3 Å². The minimum absolute atomic E-state index is 0.0335. The Morgan fingerprint density at radius 2 is 2.16 bits per heavy atom. The summed E-state index contributed by atoms with van der Waals surface area (Å²) in [4.78, 5) is 2.16. The lowest BCUT2D eigenvalue weighted by Gasteiger charge is -2.33. The van der Waals surface area contributed by atoms with E-state index in [9.17, 15) is 8.42 Å². The Kier molecular flexibility index (Phi) is 4.01. The van der Waals surface area contributed by atoms with Crippen molar-refractivity contribution in [3.8, 4) is 5.75 Å². The number of benzene rings is 1. The maximum atomic E-state index is 11.5. The zero-order valence-electron chi connectivity index (χ0n) is 11.3. The number of rotatable bonds is 3. The van der Waals surface area contributed by atoms with Crippen molar-refractivity contribution in [2.75, 3.05) is 30.9 Å². The van der Waals surface area contributed by atoms with E-state index in [1.165, 1.54) is 0 Å². The number of anilines is 1. The molecule has 106 valence electrons. The second kappa shape index (κ2) is 5.38. The molecule has 0 aliphatic carbocycles. The van der Waals surface area contributed by atoms with Gasteiger partial charge in [-0.3, -0.25) is 4.90 Å². The van der Waals surface area contributed by atoms with E-state index < -0.39 is 9.84 Å². The van der Waals surface area contributed by atoms with Gasteiger partial charge >= 0.3 is 0 Å². The number of ether oxygens (including phenoxy) is 1. The van der Waals surface area contributed by atoms with Gasteiger partial charge in [0.05, 0.1) is 18.6 Å². The standard InChI is InChI=1S/C13H20N2O3S/c1-10-9-19(16,17)4-3-15(10)8-11-5-12(14)7-13(6-11)18-2/h5-7,10H,3-4,8-9,14H2,1-2H3. The Morgan fingerprint density at radius 1 is 1.42 bits per heavy atom. The van der Waals surface area contributed by atoms with E-state index in [2.05, 4.69) is 4.90 Å². The predicted octanol–water partition coefficient (Wildman–Crippen LogP) is 0.896. The molecule has 0 amide bonds. The highest BCUT2D eigenvalue weighted by atomic mass is 32.2. The van der Waals surface area contributed by atoms with E-state index >= 15 is 0 Å². The first-order valence-electron chi connectivity index (χ1n) is 6.27. The lowest BCUT2D eigenvalue weighted by Crippen LogP contribution is -2.46. The average Bonchev–Trinajstić information content (AvgIpc) is 2.31. The molecule has 0 radical (unpaired) electrons. The van der Waals surface area contributed by atoms with Crippen LogP contribution in [0.15, 0.2) is 18.2 Å². The molecular weight excluding hydrogens is 264 g/mol. The van der Waals surface area contributed by atoms with E-state index in [4.69, 9.17) is 10.5 Å². The molecule has 1 heterocycles. The fraction of sp³-hybridized carbons (Fsp3) is 0.538. The molecule has 1 aliphatic heterocycles. The smallest absolute Gasteiger partial charge is 0.153 e. The number of nitrogens with two attached hydrogens (primary N) is 1. The van der Waals surface area contributed by atoms with Crippen LogP contribution < -0.4 is 10.5 Å². The van der Waals surface area contributed by atoms with Crippen LogP contribution in [0.4, 0.5) is 5.69 Å². The van der Waals surface area contributed by atoms with Crippen LogP contribution >= 0.6 is 0 Å². The Labute approximate surface area is 114 Å². The third kappa shape index (κ3) is 3.61. The van der Waals surface area contributed by atoms with Crippen LogP contribution in [-0.4, -0.2) is 44.5 Å². The van der Waals surface area contributed by atoms with Crippen molar-refractivity contribution in [3.63, 3.8) is 0 Å². The molecule has 2 N–H and O–H groups in total. The Morgan fingerprint density at radius 3 is 2.79 bits per heavy atom. The SMILES string of the molecule is COc1cc(N)cc(CN2CCS(=O)(=O)CC2C)c1. The number of sulfone groups is 1. The van der Waals surface area contributed by atoms with Crippen molar-refractivity contribution >= 4 is 15.5 Å². The minimum atomic E-state index is -2.87. The number of nitrogen functional groups attached to an aromatic ring is 1. The molecule has 19 heavy (non-hydrogen) atoms. The highest BCUT2D eigenvalue weighted by Crippen LogP contribution is 2.21. The van der Waals surface area contributed by atoms with Crippen LogP contribution in [-0.2, 0) is 16.4 Å². The predicted molar refractivity (Wildman–Crippen MR) is 75.9 cm³/mol. The summed E-state index contributed by atoms with van der Waals surface area (Å²) in [5.74, 6) is 1.19. The maximum absolute atomic E-state index is 11.5. The van der Waals surface area contributed by atoms with E-state index in [1.54, 1.807) is 13.2 Å². The second-order valence-electron chi connectivity index (χ2n) is 5.05. The van der Waals surface area contributed by atoms with Gasteiger partial charge in [0.2, 0.25) is 0 Å². The quantitative estimate of drug-likeness (QED) is 0.835. The van der Waals surface area contributed by atoms with Gasteiger partial charge < -0.3 is 10.5 Å². The van der Waals surface area contributed by atoms with Crippen molar-refractivity contribution in [3.05, 3.63) is 23.8 Å². The summed E-state index contributed by atoms with van der Waals surface area (Å²) in [6.07, 6.45) is 0. The third-order valence-electron chi connectivity index (χ3n) is 3.42. The van der Waals surface area contributed by atoms with Gasteiger partial charge in [-0.25, -0.2) is 8.42 Å². The number of hydrogen-bond donors (Lipinski definition) is 1. The molecule has 0 saturated carbocycles. The van der Waals surface area contributed by atoms with Gasteiger partial charge in [-0.15, -0.1) is 0 Å². The topological polar surface area (TPSA) is 72.6 Å². The van der Waals surface area contributed by atoms with Crippen LogP contribution in [0, 0.1) is 0 Å². The molecule has 0 spiro atoms. The summed E-state index contributed by atoms with van der Waals surface area (Å²) in [6.45, 7) is 3.21. The lowest BCUT2D eigenvalue weighted by molar-refractivity contribution is 0.218. The van der Waals surface area contributed by atoms with Crippen LogP contribution in [0.25, 0.3) is 0 Å². The highest BCUT2D eigenvalue weighted by molar-refractivity contribution is 7.91. The summed E-state index contributed by atoms with van der Waals surface area (Å²) in [5, 5.41) is 0. The first kappa shape index (κ1) is 14.1. The number of nitrogens with zero attached hydrogens (tertiary/aromatic N) is 1. The van der Waals surface area contributed by atoms with Crippen LogP contribution in [0.3, 0.4) is 0 Å². The molecule has 0 aromatic heterocycles. The normalized spacial score (nSPS) is 23.2. The summed E-state index contributed by atoms with van der Waals surface area (Å²) in [5.41, 5.74) is 7.53. The summed E-state index contributed by atoms with van der Waals surface area (Å²) in [7, 11) is -1.26. The monoisotopic (exact) mass is 284 g/mol. The van der Waals surface area contributed by atoms with Gasteiger partial charge in [-0.2, -0.15) is 0 Å². The van der Waals surface area contributed by atoms with Crippen molar-refractivity contribution in [2.45, 2.75) is 19.5 Å². The summed E-state index contributed by atoms with van der Waals surface area (Å²) < 4.78 is 28.3. The van der Waals surface area contributed by atoms with Crippen LogP contribution in [0.1, 0.15) is 12.5 Å². The molecule has 6 heteroatoms. The zero-order valence-corrected chi connectivity index (χ0v) is 12.1. The van der Waals surface area contributed by atoms with Crippen LogP contribution in [0.2, 0.25) is 0 Å². The molecule has 0 bridgehead atoms. The van der Waals surface area contributed by atoms with Crippen molar-refractivity contribution in [1.29, 1.82) is 0 Å². The lowest BCUT2D eigenvalue weighted by atomic mass is 10.1. The van der Waals surface area contributed by atoms with Gasteiger partial charge in [-0.05, 0) is 24.6 Å². The van der Waals surface area contributed by atoms with Gasteiger partial charge in [0.25, 0.3) is 0 Å². The molecule has 1 aliphatic rings. The van der Waals surface area contributed by atoms with Gasteiger partial charge in [0, 0.05) is 30.9 Å². The van der Waals surface area contributed by atoms with Crippen molar-refractivity contribution in [2.24, 2.45) is 0 Å². The first-order valence-corrected chi connectivity index (χ1v) is 8.09. The number of hydrogen-bond acceptors (Lipinski definition) is 5. The number of methoxy groups -OCH3 is 1. The molecule has 1 saturated heterocycles.